The zero-order valence-corrected chi connectivity index (χ0v) is 15.5. The molecular weight excluding hydrogens is 306 g/mol. The molecule has 2 N–H and O–H groups in total. The molecule has 3 rings (SSSR count). The molecule has 1 unspecified atom stereocenters. The Labute approximate surface area is 150 Å². The molecule has 0 spiro atoms. The summed E-state index contributed by atoms with van der Waals surface area (Å²) in [5, 5.41) is 9.70. The zero-order chi connectivity index (χ0) is 18.0. The Bertz CT molecular complexity index is 798. The summed E-state index contributed by atoms with van der Waals surface area (Å²) in [5.41, 5.74) is 12.4. The van der Waals surface area contributed by atoms with Crippen LogP contribution in [0.25, 0.3) is 11.1 Å². The molecule has 1 atom stereocenters. The molecule has 130 valence electrons. The first-order valence-corrected chi connectivity index (χ1v) is 9.36. The maximum atomic E-state index is 9.70. The fourth-order valence-corrected chi connectivity index (χ4v) is 3.97. The van der Waals surface area contributed by atoms with Crippen LogP contribution in [-0.4, -0.2) is 4.98 Å². The second-order valence-corrected chi connectivity index (χ2v) is 7.46. The van der Waals surface area contributed by atoms with Crippen LogP contribution in [0.4, 0.5) is 5.82 Å². The molecule has 3 nitrogen and oxygen atoms in total. The Morgan fingerprint density at radius 1 is 1.28 bits per heavy atom. The molecule has 3 heteroatoms. The average molecular weight is 333 g/mol. The van der Waals surface area contributed by atoms with E-state index in [1.807, 2.05) is 0 Å². The number of rotatable bonds is 4. The van der Waals surface area contributed by atoms with Crippen molar-refractivity contribution < 1.29 is 0 Å². The number of fused-ring (bicyclic) bond motifs is 1. The van der Waals surface area contributed by atoms with E-state index in [9.17, 15) is 5.26 Å². The molecule has 0 saturated carbocycles. The number of pyridine rings is 1. The zero-order valence-electron chi connectivity index (χ0n) is 15.5. The SMILES string of the molecule is CCCC1CCc2nc(N)c(C#N)c(-c3ccc(C(C)C)cc3)c2C1. The largest absolute Gasteiger partial charge is 0.383 e. The van der Waals surface area contributed by atoms with Gasteiger partial charge in [0.2, 0.25) is 0 Å². The summed E-state index contributed by atoms with van der Waals surface area (Å²) < 4.78 is 0. The van der Waals surface area contributed by atoms with Gasteiger partial charge in [-0.2, -0.15) is 5.26 Å². The van der Waals surface area contributed by atoms with Gasteiger partial charge in [-0.1, -0.05) is 57.9 Å². The van der Waals surface area contributed by atoms with Gasteiger partial charge in [0.05, 0.1) is 0 Å². The number of hydrogen-bond donors (Lipinski definition) is 1. The molecule has 0 saturated heterocycles. The first-order valence-electron chi connectivity index (χ1n) is 9.36. The third-order valence-electron chi connectivity index (χ3n) is 5.37. The molecule has 0 radical (unpaired) electrons. The molecule has 25 heavy (non-hydrogen) atoms. The van der Waals surface area contributed by atoms with Gasteiger partial charge in [-0.15, -0.1) is 0 Å². The second kappa shape index (κ2) is 7.27. The summed E-state index contributed by atoms with van der Waals surface area (Å²) in [6.07, 6.45) is 5.58. The summed E-state index contributed by atoms with van der Waals surface area (Å²) in [5.74, 6) is 1.55. The molecule has 0 aliphatic heterocycles. The summed E-state index contributed by atoms with van der Waals surface area (Å²) in [6, 6.07) is 10.9. The lowest BCUT2D eigenvalue weighted by atomic mass is 9.79. The number of benzene rings is 1. The van der Waals surface area contributed by atoms with E-state index >= 15 is 0 Å². The average Bonchev–Trinajstić information content (AvgIpc) is 2.61. The normalized spacial score (nSPS) is 16.5. The topological polar surface area (TPSA) is 62.7 Å². The summed E-state index contributed by atoms with van der Waals surface area (Å²) >= 11 is 0. The first kappa shape index (κ1) is 17.5. The Morgan fingerprint density at radius 2 is 2.00 bits per heavy atom. The molecule has 1 aliphatic rings. The predicted octanol–water partition coefficient (Wildman–Crippen LogP) is 5.23. The lowest BCUT2D eigenvalue weighted by Gasteiger charge is -2.27. The lowest BCUT2D eigenvalue weighted by molar-refractivity contribution is 0.419. The summed E-state index contributed by atoms with van der Waals surface area (Å²) in [6.45, 7) is 6.62. The van der Waals surface area contributed by atoms with Gasteiger partial charge in [0.25, 0.3) is 0 Å². The van der Waals surface area contributed by atoms with E-state index in [1.165, 1.54) is 30.4 Å². The monoisotopic (exact) mass is 333 g/mol. The maximum absolute atomic E-state index is 9.70. The first-order chi connectivity index (χ1) is 12.0. The van der Waals surface area contributed by atoms with Gasteiger partial charge in [-0.05, 0) is 47.8 Å². The molecule has 1 heterocycles. The Morgan fingerprint density at radius 3 is 2.60 bits per heavy atom. The second-order valence-electron chi connectivity index (χ2n) is 7.46. The van der Waals surface area contributed by atoms with E-state index in [2.05, 4.69) is 56.1 Å². The van der Waals surface area contributed by atoms with Crippen LogP contribution in [0.2, 0.25) is 0 Å². The number of nitrogens with two attached hydrogens (primary N) is 1. The van der Waals surface area contributed by atoms with E-state index in [1.54, 1.807) is 0 Å². The van der Waals surface area contributed by atoms with Crippen LogP contribution >= 0.6 is 0 Å². The van der Waals surface area contributed by atoms with Crippen molar-refractivity contribution >= 4 is 5.82 Å². The van der Waals surface area contributed by atoms with Crippen LogP contribution in [0.5, 0.6) is 0 Å². The van der Waals surface area contributed by atoms with Crippen molar-refractivity contribution in [1.82, 2.24) is 4.98 Å². The molecule has 0 amide bonds. The Kier molecular flexibility index (Phi) is 5.08. The van der Waals surface area contributed by atoms with Gasteiger partial charge in [0.15, 0.2) is 0 Å². The third-order valence-corrected chi connectivity index (χ3v) is 5.37. The molecular formula is C22H27N3. The van der Waals surface area contributed by atoms with Gasteiger partial charge in [-0.3, -0.25) is 0 Å². The molecule has 1 aliphatic carbocycles. The minimum Gasteiger partial charge on any atom is -0.383 e. The van der Waals surface area contributed by atoms with Gasteiger partial charge >= 0.3 is 0 Å². The smallest absolute Gasteiger partial charge is 0.142 e. The predicted molar refractivity (Wildman–Crippen MR) is 103 cm³/mol. The number of anilines is 1. The van der Waals surface area contributed by atoms with Crippen LogP contribution in [0.1, 0.15) is 68.3 Å². The van der Waals surface area contributed by atoms with Gasteiger partial charge < -0.3 is 5.73 Å². The molecule has 2 aromatic rings. The number of aryl methyl sites for hydroxylation is 1. The van der Waals surface area contributed by atoms with Crippen molar-refractivity contribution in [3.63, 3.8) is 0 Å². The fraction of sp³-hybridized carbons (Fsp3) is 0.455. The molecule has 1 aromatic heterocycles. The van der Waals surface area contributed by atoms with Crippen molar-refractivity contribution in [1.29, 1.82) is 5.26 Å². The van der Waals surface area contributed by atoms with E-state index in [0.29, 0.717) is 23.2 Å². The van der Waals surface area contributed by atoms with Crippen LogP contribution in [0, 0.1) is 17.2 Å². The van der Waals surface area contributed by atoms with Crippen LogP contribution in [0.3, 0.4) is 0 Å². The number of nitrogen functional groups attached to an aromatic ring is 1. The minimum absolute atomic E-state index is 0.373. The quantitative estimate of drug-likeness (QED) is 0.833. The summed E-state index contributed by atoms with van der Waals surface area (Å²) in [4.78, 5) is 4.57. The highest BCUT2D eigenvalue weighted by Gasteiger charge is 2.26. The maximum Gasteiger partial charge on any atom is 0.142 e. The van der Waals surface area contributed by atoms with Crippen molar-refractivity contribution in [3.8, 4) is 17.2 Å². The van der Waals surface area contributed by atoms with Crippen molar-refractivity contribution in [2.24, 2.45) is 5.92 Å². The van der Waals surface area contributed by atoms with Gasteiger partial charge in [0, 0.05) is 11.3 Å². The highest BCUT2D eigenvalue weighted by atomic mass is 14.9. The number of hydrogen-bond acceptors (Lipinski definition) is 3. The molecule has 1 aromatic carbocycles. The van der Waals surface area contributed by atoms with Crippen molar-refractivity contribution in [3.05, 3.63) is 46.6 Å². The van der Waals surface area contributed by atoms with Crippen LogP contribution < -0.4 is 5.73 Å². The van der Waals surface area contributed by atoms with E-state index < -0.39 is 0 Å². The van der Waals surface area contributed by atoms with E-state index in [0.717, 1.165) is 29.7 Å². The van der Waals surface area contributed by atoms with E-state index in [4.69, 9.17) is 5.73 Å². The fourth-order valence-electron chi connectivity index (χ4n) is 3.97. The highest BCUT2D eigenvalue weighted by molar-refractivity contribution is 5.79. The van der Waals surface area contributed by atoms with Gasteiger partial charge in [0.1, 0.15) is 17.5 Å². The number of nitriles is 1. The minimum atomic E-state index is 0.373. The third kappa shape index (κ3) is 3.39. The Balaban J connectivity index is 2.14. The van der Waals surface area contributed by atoms with E-state index in [-0.39, 0.29) is 0 Å². The highest BCUT2D eigenvalue weighted by Crippen LogP contribution is 2.38. The van der Waals surface area contributed by atoms with Crippen molar-refractivity contribution in [2.75, 3.05) is 5.73 Å². The lowest BCUT2D eigenvalue weighted by Crippen LogP contribution is -2.18. The molecule has 0 bridgehead atoms. The van der Waals surface area contributed by atoms with Crippen molar-refractivity contribution in [2.45, 2.75) is 58.8 Å². The molecule has 0 fully saturated rings. The number of nitrogens with zero attached hydrogens (tertiary/aromatic N) is 2. The standard InChI is InChI=1S/C22H27N3/c1-4-5-15-6-11-20-18(12-15)21(19(13-23)22(24)25-20)17-9-7-16(8-10-17)14(2)3/h7-10,14-15H,4-6,11-12H2,1-3H3,(H2,24,25). The van der Waals surface area contributed by atoms with Crippen LogP contribution in [-0.2, 0) is 12.8 Å². The summed E-state index contributed by atoms with van der Waals surface area (Å²) in [7, 11) is 0. The Hall–Kier alpha value is -2.34. The van der Waals surface area contributed by atoms with Crippen LogP contribution in [0.15, 0.2) is 24.3 Å². The van der Waals surface area contributed by atoms with Gasteiger partial charge in [-0.25, -0.2) is 4.98 Å². The number of aromatic nitrogens is 1.